The van der Waals surface area contributed by atoms with Gasteiger partial charge in [-0.3, -0.25) is 10.1 Å². The summed E-state index contributed by atoms with van der Waals surface area (Å²) in [5.74, 6) is 0. The van der Waals surface area contributed by atoms with Crippen LogP contribution in [0.25, 0.3) is 0 Å². The molecule has 6 nitrogen and oxygen atoms in total. The highest BCUT2D eigenvalue weighted by Crippen LogP contribution is 2.24. The van der Waals surface area contributed by atoms with E-state index in [2.05, 4.69) is 5.32 Å². The highest BCUT2D eigenvalue weighted by Gasteiger charge is 2.18. The molecule has 0 heterocycles. The number of rotatable bonds is 4. The number of nitro groups is 1. The third kappa shape index (κ3) is 4.02. The minimum absolute atomic E-state index is 0.0240. The number of nitro benzene ring substituents is 1. The number of hydrogen-bond donors (Lipinski definition) is 1. The maximum atomic E-state index is 12.4. The van der Waals surface area contributed by atoms with Crippen molar-refractivity contribution in [2.24, 2.45) is 0 Å². The highest BCUT2D eigenvalue weighted by atomic mass is 35.5. The predicted octanol–water partition coefficient (Wildman–Crippen LogP) is 4.78. The molecule has 2 rings (SSSR count). The van der Waals surface area contributed by atoms with E-state index in [1.807, 2.05) is 19.1 Å². The second-order valence-corrected chi connectivity index (χ2v) is 5.96. The molecule has 0 aliphatic carbocycles. The quantitative estimate of drug-likeness (QED) is 0.638. The molecular formula is C17H18ClN3O3. The van der Waals surface area contributed by atoms with Gasteiger partial charge in [0, 0.05) is 29.4 Å². The lowest BCUT2D eigenvalue weighted by Crippen LogP contribution is -2.33. The largest absolute Gasteiger partial charge is 0.322 e. The molecule has 2 aromatic rings. The smallest absolute Gasteiger partial charge is 0.321 e. The number of urea groups is 1. The number of amides is 2. The van der Waals surface area contributed by atoms with Gasteiger partial charge in [0.05, 0.1) is 11.0 Å². The van der Waals surface area contributed by atoms with Crippen LogP contribution < -0.4 is 5.32 Å². The third-order valence-electron chi connectivity index (χ3n) is 3.90. The fourth-order valence-electron chi connectivity index (χ4n) is 2.29. The maximum absolute atomic E-state index is 12.4. The zero-order valence-corrected chi connectivity index (χ0v) is 14.4. The molecule has 1 atom stereocenters. The molecule has 1 unspecified atom stereocenters. The van der Waals surface area contributed by atoms with Crippen molar-refractivity contribution in [1.29, 1.82) is 0 Å². The Balaban J connectivity index is 2.09. The first-order valence-electron chi connectivity index (χ1n) is 7.34. The monoisotopic (exact) mass is 347 g/mol. The zero-order chi connectivity index (χ0) is 17.9. The van der Waals surface area contributed by atoms with E-state index in [9.17, 15) is 14.9 Å². The topological polar surface area (TPSA) is 75.5 Å². The van der Waals surface area contributed by atoms with Crippen LogP contribution in [0.4, 0.5) is 16.2 Å². The fourth-order valence-corrected chi connectivity index (χ4v) is 2.42. The second kappa shape index (κ2) is 7.31. The number of anilines is 1. The normalized spacial score (nSPS) is 11.7. The predicted molar refractivity (Wildman–Crippen MR) is 94.5 cm³/mol. The molecular weight excluding hydrogens is 330 g/mol. The van der Waals surface area contributed by atoms with Crippen LogP contribution in [0, 0.1) is 17.0 Å². The second-order valence-electron chi connectivity index (χ2n) is 5.53. The van der Waals surface area contributed by atoms with Crippen LogP contribution in [0.2, 0.25) is 5.02 Å². The zero-order valence-electron chi connectivity index (χ0n) is 13.6. The minimum atomic E-state index is -0.449. The molecule has 0 aliphatic rings. The average molecular weight is 348 g/mol. The summed E-state index contributed by atoms with van der Waals surface area (Å²) < 4.78 is 0. The maximum Gasteiger partial charge on any atom is 0.322 e. The van der Waals surface area contributed by atoms with Crippen LogP contribution in [0.1, 0.15) is 24.1 Å². The third-order valence-corrected chi connectivity index (χ3v) is 4.15. The van der Waals surface area contributed by atoms with E-state index in [0.29, 0.717) is 16.3 Å². The van der Waals surface area contributed by atoms with Gasteiger partial charge in [-0.05, 0) is 43.7 Å². The van der Waals surface area contributed by atoms with E-state index in [0.717, 1.165) is 5.56 Å². The lowest BCUT2D eigenvalue weighted by Gasteiger charge is -2.25. The molecule has 0 aliphatic heterocycles. The Morgan fingerprint density at radius 3 is 2.42 bits per heavy atom. The molecule has 0 bridgehead atoms. The van der Waals surface area contributed by atoms with Gasteiger partial charge in [0.15, 0.2) is 0 Å². The Labute approximate surface area is 145 Å². The summed E-state index contributed by atoms with van der Waals surface area (Å²) in [4.78, 5) is 24.3. The first-order valence-corrected chi connectivity index (χ1v) is 7.71. The molecule has 24 heavy (non-hydrogen) atoms. The number of nitrogens with zero attached hydrogens (tertiary/aromatic N) is 2. The molecule has 126 valence electrons. The van der Waals surface area contributed by atoms with E-state index in [1.165, 1.54) is 12.1 Å². The Hall–Kier alpha value is -2.60. The molecule has 7 heteroatoms. The summed E-state index contributed by atoms with van der Waals surface area (Å²) in [5, 5.41) is 14.2. The van der Waals surface area contributed by atoms with Crippen LogP contribution in [0.3, 0.4) is 0 Å². The number of halogens is 1. The number of benzene rings is 2. The molecule has 2 amide bonds. The number of carbonyl (C=O) groups excluding carboxylic acids is 1. The summed E-state index contributed by atoms with van der Waals surface area (Å²) in [6.45, 7) is 3.54. The number of hydrogen-bond acceptors (Lipinski definition) is 3. The summed E-state index contributed by atoms with van der Waals surface area (Å²) >= 11 is 5.87. The van der Waals surface area contributed by atoms with Crippen LogP contribution in [0.5, 0.6) is 0 Å². The van der Waals surface area contributed by atoms with Crippen molar-refractivity contribution >= 4 is 29.0 Å². The summed E-state index contributed by atoms with van der Waals surface area (Å²) in [6, 6.07) is 11.3. The van der Waals surface area contributed by atoms with Gasteiger partial charge in [0.25, 0.3) is 5.69 Å². The van der Waals surface area contributed by atoms with Gasteiger partial charge in [-0.15, -0.1) is 0 Å². The molecule has 0 aromatic heterocycles. The van der Waals surface area contributed by atoms with Gasteiger partial charge in [-0.25, -0.2) is 4.79 Å². The van der Waals surface area contributed by atoms with Crippen molar-refractivity contribution in [3.63, 3.8) is 0 Å². The van der Waals surface area contributed by atoms with Crippen molar-refractivity contribution in [2.75, 3.05) is 12.4 Å². The van der Waals surface area contributed by atoms with Gasteiger partial charge in [-0.2, -0.15) is 0 Å². The first-order chi connectivity index (χ1) is 11.3. The SMILES string of the molecule is Cc1cc(NC(=O)N(C)C(C)c2ccc(Cl)cc2)ccc1[N+](=O)[O-]. The Kier molecular flexibility index (Phi) is 5.41. The average Bonchev–Trinajstić information content (AvgIpc) is 2.53. The van der Waals surface area contributed by atoms with Gasteiger partial charge in [0.2, 0.25) is 0 Å². The number of aryl methyl sites for hydroxylation is 1. The Morgan fingerprint density at radius 2 is 1.88 bits per heavy atom. The lowest BCUT2D eigenvalue weighted by atomic mass is 10.1. The van der Waals surface area contributed by atoms with Crippen LogP contribution >= 0.6 is 11.6 Å². The van der Waals surface area contributed by atoms with Gasteiger partial charge < -0.3 is 10.2 Å². The van der Waals surface area contributed by atoms with Crippen molar-refractivity contribution in [3.05, 3.63) is 68.7 Å². The fraction of sp³-hybridized carbons (Fsp3) is 0.235. The van der Waals surface area contributed by atoms with Crippen molar-refractivity contribution in [2.45, 2.75) is 19.9 Å². The van der Waals surface area contributed by atoms with Crippen molar-refractivity contribution in [3.8, 4) is 0 Å². The van der Waals surface area contributed by atoms with Crippen LogP contribution in [-0.2, 0) is 0 Å². The highest BCUT2D eigenvalue weighted by molar-refractivity contribution is 6.30. The van der Waals surface area contributed by atoms with Gasteiger partial charge in [-0.1, -0.05) is 23.7 Å². The Morgan fingerprint density at radius 1 is 1.25 bits per heavy atom. The molecule has 0 radical (unpaired) electrons. The molecule has 2 aromatic carbocycles. The van der Waals surface area contributed by atoms with Gasteiger partial charge in [0.1, 0.15) is 0 Å². The lowest BCUT2D eigenvalue weighted by molar-refractivity contribution is -0.385. The summed E-state index contributed by atoms with van der Waals surface area (Å²) in [6.07, 6.45) is 0. The first kappa shape index (κ1) is 17.7. The van der Waals surface area contributed by atoms with Crippen LogP contribution in [-0.4, -0.2) is 22.9 Å². The van der Waals surface area contributed by atoms with Crippen molar-refractivity contribution in [1.82, 2.24) is 4.90 Å². The Bertz CT molecular complexity index is 762. The summed E-state index contributed by atoms with van der Waals surface area (Å²) in [5.41, 5.74) is 1.98. The van der Waals surface area contributed by atoms with E-state index >= 15 is 0 Å². The molecule has 1 N–H and O–H groups in total. The molecule has 0 saturated heterocycles. The van der Waals surface area contributed by atoms with E-state index < -0.39 is 4.92 Å². The molecule has 0 fully saturated rings. The molecule has 0 spiro atoms. The number of nitrogens with one attached hydrogen (secondary N) is 1. The van der Waals surface area contributed by atoms with Crippen molar-refractivity contribution < 1.29 is 9.72 Å². The van der Waals surface area contributed by atoms with E-state index in [1.54, 1.807) is 37.1 Å². The van der Waals surface area contributed by atoms with E-state index in [4.69, 9.17) is 11.6 Å². The number of carbonyl (C=O) groups is 1. The van der Waals surface area contributed by atoms with Crippen LogP contribution in [0.15, 0.2) is 42.5 Å². The van der Waals surface area contributed by atoms with E-state index in [-0.39, 0.29) is 17.8 Å². The van der Waals surface area contributed by atoms with Gasteiger partial charge >= 0.3 is 6.03 Å². The standard InChI is InChI=1S/C17H18ClN3O3/c1-11-10-15(8-9-16(11)21(23)24)19-17(22)20(3)12(2)13-4-6-14(18)7-5-13/h4-10,12H,1-3H3,(H,19,22). The molecule has 0 saturated carbocycles. The summed E-state index contributed by atoms with van der Waals surface area (Å²) in [7, 11) is 1.69. The minimum Gasteiger partial charge on any atom is -0.321 e.